The third-order valence-electron chi connectivity index (χ3n) is 13.7. The van der Waals surface area contributed by atoms with Crippen LogP contribution in [-0.2, 0) is 22.7 Å². The maximum Gasteiger partial charge on any atom is 0.225 e. The number of anilines is 2. The number of carbonyl (C=O) groups excluding carboxylic acids is 2. The van der Waals surface area contributed by atoms with Crippen LogP contribution >= 0.6 is 22.7 Å². The number of benzene rings is 2. The van der Waals surface area contributed by atoms with E-state index >= 15 is 0 Å². The predicted molar refractivity (Wildman–Crippen MR) is 249 cm³/mol. The van der Waals surface area contributed by atoms with Crippen LogP contribution in [0, 0.1) is 19.8 Å². The summed E-state index contributed by atoms with van der Waals surface area (Å²) in [4.78, 5) is 53.2. The number of piperazine rings is 2. The Hall–Kier alpha value is -5.02. The van der Waals surface area contributed by atoms with Gasteiger partial charge in [0, 0.05) is 101 Å². The molecule has 14 heteroatoms. The van der Waals surface area contributed by atoms with Crippen molar-refractivity contribution in [2.45, 2.75) is 102 Å². The number of hydrogen-bond donors (Lipinski definition) is 2. The van der Waals surface area contributed by atoms with Crippen molar-refractivity contribution < 1.29 is 9.59 Å². The number of amides is 2. The van der Waals surface area contributed by atoms with Crippen LogP contribution in [0.5, 0.6) is 0 Å². The van der Waals surface area contributed by atoms with Gasteiger partial charge in [-0.25, -0.2) is 19.9 Å². The number of pyridine rings is 2. The van der Waals surface area contributed by atoms with Crippen LogP contribution in [0.15, 0.2) is 84.1 Å². The third kappa shape index (κ3) is 8.54. The highest BCUT2D eigenvalue weighted by Crippen LogP contribution is 2.38. The first-order valence-corrected chi connectivity index (χ1v) is 24.2. The van der Waals surface area contributed by atoms with Crippen LogP contribution in [0.25, 0.3) is 20.4 Å². The van der Waals surface area contributed by atoms with E-state index in [1.807, 2.05) is 35.5 Å². The zero-order valence-corrected chi connectivity index (χ0v) is 37.3. The molecule has 2 amide bonds. The highest BCUT2D eigenvalue weighted by atomic mass is 32.1. The molecular weight excluding hydrogens is 813 g/mol. The normalized spacial score (nSPS) is 24.0. The fraction of sp³-hybridized carbons (Fsp3) is 0.458. The van der Waals surface area contributed by atoms with E-state index in [-0.39, 0.29) is 11.8 Å². The quantitative estimate of drug-likeness (QED) is 0.130. The van der Waals surface area contributed by atoms with Gasteiger partial charge in [0.1, 0.15) is 11.6 Å². The molecule has 1 saturated carbocycles. The number of fused-ring (bicyclic) bond motifs is 6. The summed E-state index contributed by atoms with van der Waals surface area (Å²) in [6.07, 6.45) is 10.9. The Morgan fingerprint density at radius 2 is 1.16 bits per heavy atom. The first-order chi connectivity index (χ1) is 30.3. The molecule has 4 saturated heterocycles. The van der Waals surface area contributed by atoms with Gasteiger partial charge in [-0.3, -0.25) is 9.59 Å². The van der Waals surface area contributed by atoms with Crippen molar-refractivity contribution in [3.8, 4) is 0 Å². The van der Waals surface area contributed by atoms with Crippen LogP contribution in [-0.4, -0.2) is 104 Å². The average molecular weight is 869 g/mol. The topological polar surface area (TPSA) is 123 Å². The summed E-state index contributed by atoms with van der Waals surface area (Å²) in [5, 5.41) is 7.10. The lowest BCUT2D eigenvalue weighted by Crippen LogP contribution is -2.58. The van der Waals surface area contributed by atoms with Gasteiger partial charge in [-0.1, -0.05) is 36.4 Å². The summed E-state index contributed by atoms with van der Waals surface area (Å²) in [5.74, 6) is 2.92. The Balaban J connectivity index is 0.000000148. The van der Waals surface area contributed by atoms with Crippen LogP contribution in [0.2, 0.25) is 0 Å². The van der Waals surface area contributed by atoms with E-state index in [4.69, 9.17) is 0 Å². The van der Waals surface area contributed by atoms with Crippen molar-refractivity contribution in [1.82, 2.24) is 40.4 Å². The molecule has 62 heavy (non-hydrogen) atoms. The summed E-state index contributed by atoms with van der Waals surface area (Å²) in [6, 6.07) is 23.1. The SMILES string of the molecule is Cc1ccc(N2C3CCC2CN(C(=O)C2CC(NCc4cccc5ncsc45)C2)C3)nc1.Cc1ccc(N2C3CCC2CN(C(=O)CCNCc2cccc4ncsc24)C3)nc1. The summed E-state index contributed by atoms with van der Waals surface area (Å²) >= 11 is 3.37. The van der Waals surface area contributed by atoms with E-state index in [9.17, 15) is 9.59 Å². The highest BCUT2D eigenvalue weighted by molar-refractivity contribution is 7.17. The molecule has 1 aliphatic carbocycles. The molecule has 5 fully saturated rings. The van der Waals surface area contributed by atoms with Crippen molar-refractivity contribution in [2.75, 3.05) is 42.5 Å². The largest absolute Gasteiger partial charge is 0.347 e. The summed E-state index contributed by atoms with van der Waals surface area (Å²) < 4.78 is 2.50. The van der Waals surface area contributed by atoms with Gasteiger partial charge in [-0.2, -0.15) is 0 Å². The molecule has 0 spiro atoms. The molecule has 12 nitrogen and oxygen atoms in total. The number of nitrogens with zero attached hydrogens (tertiary/aromatic N) is 8. The lowest BCUT2D eigenvalue weighted by molar-refractivity contribution is -0.140. The Kier molecular flexibility index (Phi) is 11.9. The van der Waals surface area contributed by atoms with Crippen LogP contribution < -0.4 is 20.4 Å². The molecule has 4 aliphatic heterocycles. The van der Waals surface area contributed by atoms with E-state index in [1.165, 1.54) is 31.7 Å². The minimum Gasteiger partial charge on any atom is -0.347 e. The number of hydrogen-bond acceptors (Lipinski definition) is 12. The molecule has 322 valence electrons. The minimum absolute atomic E-state index is 0.176. The van der Waals surface area contributed by atoms with E-state index < -0.39 is 0 Å². The Morgan fingerprint density at radius 3 is 1.68 bits per heavy atom. The number of thiazole rings is 2. The summed E-state index contributed by atoms with van der Waals surface area (Å²) in [7, 11) is 0. The average Bonchev–Trinajstić information content (AvgIpc) is 4.07. The van der Waals surface area contributed by atoms with Crippen molar-refractivity contribution in [2.24, 2.45) is 5.92 Å². The number of nitrogens with one attached hydrogen (secondary N) is 2. The first kappa shape index (κ1) is 41.0. The lowest BCUT2D eigenvalue weighted by atomic mass is 9.79. The molecular formula is C48H56N10O2S2. The zero-order valence-electron chi connectivity index (χ0n) is 35.7. The second kappa shape index (κ2) is 18.0. The van der Waals surface area contributed by atoms with Crippen molar-refractivity contribution in [1.29, 1.82) is 0 Å². The number of aromatic nitrogens is 4. The van der Waals surface area contributed by atoms with Gasteiger partial charge < -0.3 is 30.2 Å². The molecule has 0 radical (unpaired) electrons. The van der Waals surface area contributed by atoms with E-state index in [2.05, 4.69) is 113 Å². The fourth-order valence-corrected chi connectivity index (χ4v) is 12.0. The maximum atomic E-state index is 13.2. The Morgan fingerprint density at radius 1 is 0.645 bits per heavy atom. The van der Waals surface area contributed by atoms with Gasteiger partial charge in [0.15, 0.2) is 0 Å². The van der Waals surface area contributed by atoms with E-state index in [0.29, 0.717) is 49.1 Å². The number of rotatable bonds is 11. The van der Waals surface area contributed by atoms with Crippen molar-refractivity contribution in [3.63, 3.8) is 0 Å². The highest BCUT2D eigenvalue weighted by Gasteiger charge is 2.45. The monoisotopic (exact) mass is 868 g/mol. The summed E-state index contributed by atoms with van der Waals surface area (Å²) in [6.45, 7) is 9.75. The Labute approximate surface area is 371 Å². The van der Waals surface area contributed by atoms with Gasteiger partial charge in [0.25, 0.3) is 0 Å². The number of likely N-dealkylation sites (tertiary alicyclic amines) is 2. The second-order valence-corrected chi connectivity index (χ2v) is 19.6. The minimum atomic E-state index is 0.176. The molecule has 11 rings (SSSR count). The standard InChI is InChI=1S/C25H29N5OS.C23H27N5OS/c1-16-5-8-23(27-11-16)30-20-6-7-21(30)14-29(13-20)25(31)18-9-19(10-18)26-12-17-3-2-4-22-24(17)32-15-28-22;1-16-5-8-21(25-11-16)28-18-6-7-19(28)14-27(13-18)22(29)9-10-24-12-17-3-2-4-20-23(17)30-15-26-20/h2-5,8,11,15,18-21,26H,6-7,9-10,12-14H2,1H3;2-5,8,11,15,18-19,24H,6-7,9-10,12-14H2,1H3. The molecule has 4 aromatic heterocycles. The van der Waals surface area contributed by atoms with E-state index in [0.717, 1.165) is 100 Å². The van der Waals surface area contributed by atoms with Crippen molar-refractivity contribution in [3.05, 3.63) is 106 Å². The summed E-state index contributed by atoms with van der Waals surface area (Å²) in [5.41, 5.74) is 10.8. The zero-order chi connectivity index (χ0) is 42.2. The fourth-order valence-electron chi connectivity index (χ4n) is 10.4. The molecule has 2 aromatic carbocycles. The first-order valence-electron chi connectivity index (χ1n) is 22.4. The van der Waals surface area contributed by atoms with Gasteiger partial charge in [-0.05, 0) is 98.9 Å². The van der Waals surface area contributed by atoms with Gasteiger partial charge in [-0.15, -0.1) is 22.7 Å². The smallest absolute Gasteiger partial charge is 0.225 e. The number of aryl methyl sites for hydroxylation is 2. The molecule has 4 atom stereocenters. The molecule has 4 bridgehead atoms. The second-order valence-electron chi connectivity index (χ2n) is 17.9. The molecule has 6 aromatic rings. The van der Waals surface area contributed by atoms with Crippen molar-refractivity contribution >= 4 is 66.6 Å². The van der Waals surface area contributed by atoms with Crippen LogP contribution in [0.3, 0.4) is 0 Å². The third-order valence-corrected chi connectivity index (χ3v) is 15.6. The molecule has 2 N–H and O–H groups in total. The van der Waals surface area contributed by atoms with Crippen LogP contribution in [0.1, 0.15) is 67.2 Å². The molecule has 4 unspecified atom stereocenters. The maximum absolute atomic E-state index is 13.2. The predicted octanol–water partition coefficient (Wildman–Crippen LogP) is 7.11. The molecule has 5 aliphatic rings. The Bertz CT molecular complexity index is 2480. The molecule has 8 heterocycles. The van der Waals surface area contributed by atoms with Gasteiger partial charge >= 0.3 is 0 Å². The lowest BCUT2D eigenvalue weighted by Gasteiger charge is -2.45. The number of carbonyl (C=O) groups is 2. The van der Waals surface area contributed by atoms with Crippen LogP contribution in [0.4, 0.5) is 11.6 Å². The van der Waals surface area contributed by atoms with E-state index in [1.54, 1.807) is 22.7 Å². The van der Waals surface area contributed by atoms with Gasteiger partial charge in [0.05, 0.1) is 31.5 Å². The van der Waals surface area contributed by atoms with Gasteiger partial charge in [0.2, 0.25) is 11.8 Å².